The number of para-hydroxylation sites is 2. The van der Waals surface area contributed by atoms with E-state index in [1.165, 1.54) is 216 Å². The average molecular weight is 846 g/mol. The molecule has 1 aromatic heterocycles. The van der Waals surface area contributed by atoms with Crippen molar-refractivity contribution in [3.05, 3.63) is 54.6 Å². The molecule has 5 heteroatoms. The molecule has 1 atom stereocenters. The molecule has 0 saturated carbocycles. The first kappa shape index (κ1) is 55.1. The zero-order chi connectivity index (χ0) is 43.5. The van der Waals surface area contributed by atoms with Gasteiger partial charge < -0.3 is 15.5 Å². The van der Waals surface area contributed by atoms with Crippen LogP contribution in [-0.4, -0.2) is 59.1 Å². The highest BCUT2D eigenvalue weighted by Gasteiger charge is 2.17. The van der Waals surface area contributed by atoms with Crippen molar-refractivity contribution in [1.82, 2.24) is 15.2 Å². The van der Waals surface area contributed by atoms with Crippen molar-refractivity contribution in [2.24, 2.45) is 0 Å². The quantitative estimate of drug-likeness (QED) is 0.0301. The Hall–Kier alpha value is -2.05. The van der Waals surface area contributed by atoms with E-state index in [4.69, 9.17) is 0 Å². The number of rotatable bonds is 42. The summed E-state index contributed by atoms with van der Waals surface area (Å²) in [5.41, 5.74) is 2.12. The van der Waals surface area contributed by atoms with Gasteiger partial charge in [-0.1, -0.05) is 243 Å². The van der Waals surface area contributed by atoms with Gasteiger partial charge in [0.25, 0.3) is 0 Å². The predicted octanol–water partition coefficient (Wildman–Crippen LogP) is 16.3. The number of nitrogens with zero attached hydrogens (tertiary/aromatic N) is 2. The molecule has 350 valence electrons. The minimum absolute atomic E-state index is 0.232. The highest BCUT2D eigenvalue weighted by Crippen LogP contribution is 2.20. The first-order valence-electron chi connectivity index (χ1n) is 26.7. The third-order valence-corrected chi connectivity index (χ3v) is 12.8. The summed E-state index contributed by atoms with van der Waals surface area (Å²) in [4.78, 5) is 7.07. The van der Waals surface area contributed by atoms with Crippen LogP contribution in [-0.2, 0) is 0 Å². The van der Waals surface area contributed by atoms with Crippen LogP contribution in [0.2, 0.25) is 0 Å². The van der Waals surface area contributed by atoms with Crippen molar-refractivity contribution >= 4 is 21.8 Å². The SMILES string of the molecule is CCCCCCCCCCCCCCCCCCNC(CCCCO)N(CCO)CCCCCCCCCCCCCCCCCC.c1ccc2nc3ccccc3cc2c1. The van der Waals surface area contributed by atoms with Crippen LogP contribution in [0.5, 0.6) is 0 Å². The number of pyridine rings is 1. The third kappa shape index (κ3) is 30.6. The van der Waals surface area contributed by atoms with E-state index in [2.05, 4.69) is 47.2 Å². The zero-order valence-corrected chi connectivity index (χ0v) is 40.3. The lowest BCUT2D eigenvalue weighted by atomic mass is 10.0. The Morgan fingerprint density at radius 2 is 0.803 bits per heavy atom. The number of unbranched alkanes of at least 4 members (excludes halogenated alkanes) is 31. The van der Waals surface area contributed by atoms with E-state index in [9.17, 15) is 10.2 Å². The fourth-order valence-electron chi connectivity index (χ4n) is 8.94. The maximum atomic E-state index is 9.80. The van der Waals surface area contributed by atoms with Crippen LogP contribution in [0.1, 0.15) is 239 Å². The van der Waals surface area contributed by atoms with Crippen molar-refractivity contribution in [3.63, 3.8) is 0 Å². The molecule has 1 unspecified atom stereocenters. The Morgan fingerprint density at radius 1 is 0.426 bits per heavy atom. The molecule has 5 nitrogen and oxygen atoms in total. The number of hydrogen-bond acceptors (Lipinski definition) is 5. The second kappa shape index (κ2) is 41.9. The van der Waals surface area contributed by atoms with E-state index in [1.54, 1.807) is 0 Å². The van der Waals surface area contributed by atoms with E-state index >= 15 is 0 Å². The first-order valence-corrected chi connectivity index (χ1v) is 26.7. The largest absolute Gasteiger partial charge is 0.396 e. The van der Waals surface area contributed by atoms with E-state index < -0.39 is 0 Å². The second-order valence-corrected chi connectivity index (χ2v) is 18.4. The van der Waals surface area contributed by atoms with Gasteiger partial charge in [0.15, 0.2) is 0 Å². The van der Waals surface area contributed by atoms with Gasteiger partial charge in [0.05, 0.1) is 23.8 Å². The van der Waals surface area contributed by atoms with Gasteiger partial charge in [-0.3, -0.25) is 4.90 Å². The first-order chi connectivity index (χ1) is 30.2. The van der Waals surface area contributed by atoms with Gasteiger partial charge in [-0.25, -0.2) is 4.98 Å². The highest BCUT2D eigenvalue weighted by molar-refractivity contribution is 5.92. The van der Waals surface area contributed by atoms with Gasteiger partial charge in [-0.15, -0.1) is 0 Å². The molecule has 0 amide bonds. The summed E-state index contributed by atoms with van der Waals surface area (Å²) in [6, 6.07) is 18.6. The Kier molecular flexibility index (Phi) is 37.9. The maximum absolute atomic E-state index is 9.80. The standard InChI is InChI=1S/C43H90N2O2.C13H9N/c1-3-5-7-9-11-13-15-17-19-21-23-25-27-29-31-34-38-44-43(37-33-36-41-46)45(40-42-47)39-35-32-30-28-26-24-22-20-18-16-14-12-10-8-6-4-2;1-3-7-12-10(5-1)9-11-6-2-4-8-13(11)14-12/h43-44,46-47H,3-42H2,1-2H3;1-9H. The Morgan fingerprint density at radius 3 is 1.20 bits per heavy atom. The molecule has 0 spiro atoms. The van der Waals surface area contributed by atoms with Crippen LogP contribution < -0.4 is 5.32 Å². The summed E-state index contributed by atoms with van der Waals surface area (Å²) in [5, 5.41) is 25.4. The minimum atomic E-state index is 0.232. The monoisotopic (exact) mass is 846 g/mol. The number of aliphatic hydroxyl groups excluding tert-OH is 2. The summed E-state index contributed by atoms with van der Waals surface area (Å²) < 4.78 is 0. The van der Waals surface area contributed by atoms with Gasteiger partial charge in [-0.2, -0.15) is 0 Å². The van der Waals surface area contributed by atoms with Crippen molar-refractivity contribution in [1.29, 1.82) is 0 Å². The summed E-state index contributed by atoms with van der Waals surface area (Å²) in [6.07, 6.45) is 48.3. The molecule has 3 N–H and O–H groups in total. The third-order valence-electron chi connectivity index (χ3n) is 12.8. The van der Waals surface area contributed by atoms with E-state index in [0.29, 0.717) is 6.17 Å². The summed E-state index contributed by atoms with van der Waals surface area (Å²) >= 11 is 0. The van der Waals surface area contributed by atoms with Crippen molar-refractivity contribution in [2.45, 2.75) is 245 Å². The second-order valence-electron chi connectivity index (χ2n) is 18.4. The molecule has 2 aromatic carbocycles. The molecule has 0 fully saturated rings. The Balaban J connectivity index is 0.000000749. The fourth-order valence-corrected chi connectivity index (χ4v) is 8.94. The lowest BCUT2D eigenvalue weighted by Crippen LogP contribution is -2.47. The molecule has 0 aliphatic rings. The molecule has 0 aliphatic carbocycles. The summed E-state index contributed by atoms with van der Waals surface area (Å²) in [6.45, 7) is 8.02. The lowest BCUT2D eigenvalue weighted by molar-refractivity contribution is 0.116. The van der Waals surface area contributed by atoms with Crippen LogP contribution in [0.15, 0.2) is 54.6 Å². The van der Waals surface area contributed by atoms with Crippen LogP contribution in [0.3, 0.4) is 0 Å². The number of aliphatic hydroxyl groups is 2. The molecule has 3 aromatic rings. The van der Waals surface area contributed by atoms with Crippen LogP contribution in [0, 0.1) is 0 Å². The molecule has 0 aliphatic heterocycles. The number of hydrogen-bond donors (Lipinski definition) is 3. The number of nitrogens with one attached hydrogen (secondary N) is 1. The van der Waals surface area contributed by atoms with E-state index in [1.807, 2.05) is 36.4 Å². The molecule has 1 heterocycles. The molecule has 0 saturated heterocycles. The van der Waals surface area contributed by atoms with Crippen molar-refractivity contribution in [2.75, 3.05) is 32.8 Å². The van der Waals surface area contributed by atoms with Gasteiger partial charge in [0, 0.05) is 23.9 Å². The maximum Gasteiger partial charge on any atom is 0.0709 e. The molecule has 0 radical (unpaired) electrons. The van der Waals surface area contributed by atoms with Crippen LogP contribution in [0.4, 0.5) is 0 Å². The molecular weight excluding hydrogens is 747 g/mol. The highest BCUT2D eigenvalue weighted by atomic mass is 16.3. The average Bonchev–Trinajstić information content (AvgIpc) is 3.28. The van der Waals surface area contributed by atoms with Gasteiger partial charge in [0.1, 0.15) is 0 Å². The minimum Gasteiger partial charge on any atom is -0.396 e. The normalized spacial score (nSPS) is 12.1. The summed E-state index contributed by atoms with van der Waals surface area (Å²) in [7, 11) is 0. The van der Waals surface area contributed by atoms with E-state index in [-0.39, 0.29) is 13.2 Å². The van der Waals surface area contributed by atoms with Crippen molar-refractivity contribution < 1.29 is 10.2 Å². The van der Waals surface area contributed by atoms with Crippen LogP contribution in [0.25, 0.3) is 21.8 Å². The smallest absolute Gasteiger partial charge is 0.0709 e. The zero-order valence-electron chi connectivity index (χ0n) is 40.3. The predicted molar refractivity (Wildman–Crippen MR) is 270 cm³/mol. The van der Waals surface area contributed by atoms with Gasteiger partial charge in [0.2, 0.25) is 0 Å². The van der Waals surface area contributed by atoms with Crippen molar-refractivity contribution in [3.8, 4) is 0 Å². The number of aromatic nitrogens is 1. The van der Waals surface area contributed by atoms with Crippen LogP contribution >= 0.6 is 0 Å². The number of fused-ring (bicyclic) bond motifs is 2. The number of benzene rings is 2. The van der Waals surface area contributed by atoms with Gasteiger partial charge >= 0.3 is 0 Å². The van der Waals surface area contributed by atoms with E-state index in [0.717, 1.165) is 49.9 Å². The lowest BCUT2D eigenvalue weighted by Gasteiger charge is -2.32. The Bertz CT molecular complexity index is 1240. The topological polar surface area (TPSA) is 68.6 Å². The summed E-state index contributed by atoms with van der Waals surface area (Å²) in [5.74, 6) is 0. The fraction of sp³-hybridized carbons (Fsp3) is 0.768. The molecule has 61 heavy (non-hydrogen) atoms. The molecular formula is C56H99N3O2. The molecule has 0 bridgehead atoms. The van der Waals surface area contributed by atoms with Gasteiger partial charge in [-0.05, 0) is 63.4 Å². The molecule has 3 rings (SSSR count). The Labute approximate surface area is 378 Å².